The summed E-state index contributed by atoms with van der Waals surface area (Å²) in [6, 6.07) is 3.78. The molecule has 1 aliphatic rings. The van der Waals surface area contributed by atoms with Crippen LogP contribution >= 0.6 is 0 Å². The predicted octanol–water partition coefficient (Wildman–Crippen LogP) is 2.59. The fraction of sp³-hybridized carbons (Fsp3) is 0.500. The molecule has 1 aliphatic carbocycles. The molecule has 1 N–H and O–H groups in total. The first kappa shape index (κ1) is 13.1. The number of pyridine rings is 1. The van der Waals surface area contributed by atoms with E-state index in [4.69, 9.17) is 9.26 Å². The summed E-state index contributed by atoms with van der Waals surface area (Å²) in [6.07, 6.45) is 5.88. The van der Waals surface area contributed by atoms with E-state index in [9.17, 15) is 0 Å². The first-order chi connectivity index (χ1) is 9.77. The number of methoxy groups -OCH3 is 1. The summed E-state index contributed by atoms with van der Waals surface area (Å²) in [5, 5.41) is 7.12. The average Bonchev–Trinajstić information content (AvgIpc) is 3.17. The average molecular weight is 274 g/mol. The lowest BCUT2D eigenvalue weighted by atomic mass is 10.0. The van der Waals surface area contributed by atoms with Crippen LogP contribution in [0.15, 0.2) is 22.9 Å². The standard InChI is InChI=1S/C14H18N4O2/c1-15-10-5-6-11(16-9-10)12-17-13(18-20-12)14(19-2)7-3-4-8-14/h5-6,9,15H,3-4,7-8H2,1-2H3. The van der Waals surface area contributed by atoms with Gasteiger partial charge >= 0.3 is 0 Å². The molecule has 0 amide bonds. The number of anilines is 1. The summed E-state index contributed by atoms with van der Waals surface area (Å²) in [4.78, 5) is 8.78. The number of nitrogens with zero attached hydrogens (tertiary/aromatic N) is 3. The quantitative estimate of drug-likeness (QED) is 0.923. The minimum Gasteiger partial charge on any atom is -0.387 e. The van der Waals surface area contributed by atoms with Crippen molar-refractivity contribution in [2.45, 2.75) is 31.3 Å². The van der Waals surface area contributed by atoms with Gasteiger partial charge < -0.3 is 14.6 Å². The molecule has 0 atom stereocenters. The highest BCUT2D eigenvalue weighted by atomic mass is 16.5. The summed E-state index contributed by atoms with van der Waals surface area (Å²) in [5.74, 6) is 1.07. The van der Waals surface area contributed by atoms with Gasteiger partial charge in [0.05, 0.1) is 11.9 Å². The van der Waals surface area contributed by atoms with Crippen LogP contribution in [0.5, 0.6) is 0 Å². The van der Waals surface area contributed by atoms with Crippen molar-refractivity contribution >= 4 is 5.69 Å². The van der Waals surface area contributed by atoms with Gasteiger partial charge in [-0.25, -0.2) is 4.98 Å². The molecule has 0 spiro atoms. The smallest absolute Gasteiger partial charge is 0.276 e. The van der Waals surface area contributed by atoms with E-state index < -0.39 is 0 Å². The third-order valence-electron chi connectivity index (χ3n) is 3.91. The van der Waals surface area contributed by atoms with Gasteiger partial charge in [0.15, 0.2) is 0 Å². The van der Waals surface area contributed by atoms with Crippen LogP contribution in [0.3, 0.4) is 0 Å². The number of aromatic nitrogens is 3. The topological polar surface area (TPSA) is 73.1 Å². The summed E-state index contributed by atoms with van der Waals surface area (Å²) in [7, 11) is 3.56. The van der Waals surface area contributed by atoms with E-state index >= 15 is 0 Å². The first-order valence-corrected chi connectivity index (χ1v) is 6.81. The Bertz CT molecular complexity index is 573. The summed E-state index contributed by atoms with van der Waals surface area (Å²) >= 11 is 0. The van der Waals surface area contributed by atoms with Crippen LogP contribution in [-0.2, 0) is 10.3 Å². The molecule has 0 aromatic carbocycles. The molecular formula is C14H18N4O2. The molecule has 3 rings (SSSR count). The van der Waals surface area contributed by atoms with Crippen LogP contribution < -0.4 is 5.32 Å². The molecule has 6 nitrogen and oxygen atoms in total. The maximum atomic E-state index is 5.66. The molecule has 106 valence electrons. The second kappa shape index (κ2) is 5.20. The maximum absolute atomic E-state index is 5.66. The molecule has 0 bridgehead atoms. The third-order valence-corrected chi connectivity index (χ3v) is 3.91. The van der Waals surface area contributed by atoms with E-state index in [2.05, 4.69) is 20.4 Å². The highest BCUT2D eigenvalue weighted by Crippen LogP contribution is 2.40. The normalized spacial score (nSPS) is 17.3. The number of rotatable bonds is 4. The Morgan fingerprint density at radius 1 is 1.30 bits per heavy atom. The number of nitrogens with one attached hydrogen (secondary N) is 1. The molecule has 0 saturated heterocycles. The van der Waals surface area contributed by atoms with Crippen molar-refractivity contribution < 1.29 is 9.26 Å². The van der Waals surface area contributed by atoms with Gasteiger partial charge in [-0.3, -0.25) is 0 Å². The van der Waals surface area contributed by atoms with E-state index in [1.807, 2.05) is 19.2 Å². The molecule has 0 radical (unpaired) electrons. The fourth-order valence-corrected chi connectivity index (χ4v) is 2.65. The Labute approximate surface area is 117 Å². The molecule has 2 aromatic heterocycles. The largest absolute Gasteiger partial charge is 0.387 e. The zero-order valence-corrected chi connectivity index (χ0v) is 11.7. The Kier molecular flexibility index (Phi) is 3.40. The van der Waals surface area contributed by atoms with Crippen molar-refractivity contribution in [1.82, 2.24) is 15.1 Å². The number of hydrogen-bond donors (Lipinski definition) is 1. The molecule has 0 unspecified atom stereocenters. The lowest BCUT2D eigenvalue weighted by Gasteiger charge is -2.22. The van der Waals surface area contributed by atoms with Gasteiger partial charge in [0.2, 0.25) is 5.82 Å². The van der Waals surface area contributed by atoms with Crippen molar-refractivity contribution in [1.29, 1.82) is 0 Å². The number of hydrogen-bond acceptors (Lipinski definition) is 6. The van der Waals surface area contributed by atoms with Crippen molar-refractivity contribution in [3.05, 3.63) is 24.2 Å². The highest BCUT2D eigenvalue weighted by Gasteiger charge is 2.40. The Balaban J connectivity index is 1.89. The minimum absolute atomic E-state index is 0.382. The molecular weight excluding hydrogens is 256 g/mol. The maximum Gasteiger partial charge on any atom is 0.276 e. The second-order valence-corrected chi connectivity index (χ2v) is 5.01. The van der Waals surface area contributed by atoms with Crippen molar-refractivity contribution in [3.8, 4) is 11.6 Å². The van der Waals surface area contributed by atoms with E-state index in [-0.39, 0.29) is 5.60 Å². The lowest BCUT2D eigenvalue weighted by Crippen LogP contribution is -2.25. The van der Waals surface area contributed by atoms with Crippen LogP contribution in [-0.4, -0.2) is 29.3 Å². The zero-order valence-electron chi connectivity index (χ0n) is 11.7. The molecule has 1 fully saturated rings. The van der Waals surface area contributed by atoms with Crippen LogP contribution in [0.25, 0.3) is 11.6 Å². The Morgan fingerprint density at radius 3 is 2.70 bits per heavy atom. The zero-order chi connectivity index (χ0) is 14.0. The van der Waals surface area contributed by atoms with Crippen LogP contribution in [0, 0.1) is 0 Å². The van der Waals surface area contributed by atoms with E-state index in [0.717, 1.165) is 31.4 Å². The molecule has 6 heteroatoms. The van der Waals surface area contributed by atoms with Gasteiger partial charge in [-0.1, -0.05) is 5.16 Å². The summed E-state index contributed by atoms with van der Waals surface area (Å²) in [6.45, 7) is 0. The van der Waals surface area contributed by atoms with Crippen molar-refractivity contribution in [3.63, 3.8) is 0 Å². The van der Waals surface area contributed by atoms with Gasteiger partial charge in [-0.05, 0) is 37.8 Å². The van der Waals surface area contributed by atoms with E-state index in [1.165, 1.54) is 0 Å². The van der Waals surface area contributed by atoms with Gasteiger partial charge in [-0.2, -0.15) is 4.98 Å². The highest BCUT2D eigenvalue weighted by molar-refractivity contribution is 5.51. The number of ether oxygens (including phenoxy) is 1. The SMILES string of the molecule is CNc1ccc(-c2nc(C3(OC)CCCC3)no2)nc1. The van der Waals surface area contributed by atoms with E-state index in [0.29, 0.717) is 17.4 Å². The van der Waals surface area contributed by atoms with Gasteiger partial charge in [0.25, 0.3) is 5.89 Å². The second-order valence-electron chi connectivity index (χ2n) is 5.01. The van der Waals surface area contributed by atoms with Crippen LogP contribution in [0.2, 0.25) is 0 Å². The Morgan fingerprint density at radius 2 is 2.10 bits per heavy atom. The predicted molar refractivity (Wildman–Crippen MR) is 74.2 cm³/mol. The van der Waals surface area contributed by atoms with Gasteiger partial charge in [0, 0.05) is 14.2 Å². The lowest BCUT2D eigenvalue weighted by molar-refractivity contribution is -0.0178. The monoisotopic (exact) mass is 274 g/mol. The minimum atomic E-state index is -0.382. The Hall–Kier alpha value is -1.95. The van der Waals surface area contributed by atoms with Crippen LogP contribution in [0.4, 0.5) is 5.69 Å². The van der Waals surface area contributed by atoms with Crippen LogP contribution in [0.1, 0.15) is 31.5 Å². The van der Waals surface area contributed by atoms with Crippen molar-refractivity contribution in [2.75, 3.05) is 19.5 Å². The van der Waals surface area contributed by atoms with E-state index in [1.54, 1.807) is 13.3 Å². The molecule has 0 aliphatic heterocycles. The molecule has 1 saturated carbocycles. The fourth-order valence-electron chi connectivity index (χ4n) is 2.65. The summed E-state index contributed by atoms with van der Waals surface area (Å²) in [5.41, 5.74) is 1.23. The molecule has 2 aromatic rings. The molecule has 20 heavy (non-hydrogen) atoms. The first-order valence-electron chi connectivity index (χ1n) is 6.81. The third kappa shape index (κ3) is 2.16. The summed E-state index contributed by atoms with van der Waals surface area (Å²) < 4.78 is 11.0. The van der Waals surface area contributed by atoms with Gasteiger partial charge in [-0.15, -0.1) is 0 Å². The molecule has 2 heterocycles. The van der Waals surface area contributed by atoms with Gasteiger partial charge in [0.1, 0.15) is 11.3 Å². The van der Waals surface area contributed by atoms with Crippen molar-refractivity contribution in [2.24, 2.45) is 0 Å².